The summed E-state index contributed by atoms with van der Waals surface area (Å²) in [7, 11) is 0. The number of fused-ring (bicyclic) bond motifs is 1. The van der Waals surface area contributed by atoms with Crippen LogP contribution in [0.2, 0.25) is 10.0 Å². The van der Waals surface area contributed by atoms with Gasteiger partial charge in [0.25, 0.3) is 0 Å². The Morgan fingerprint density at radius 1 is 1.05 bits per heavy atom. The van der Waals surface area contributed by atoms with E-state index in [1.165, 1.54) is 0 Å². The van der Waals surface area contributed by atoms with E-state index in [1.807, 2.05) is 24.3 Å². The Kier molecular flexibility index (Phi) is 3.42. The van der Waals surface area contributed by atoms with E-state index < -0.39 is 6.04 Å². The van der Waals surface area contributed by atoms with Crippen molar-refractivity contribution in [2.45, 2.75) is 12.6 Å². The number of nitrogens with two attached hydrogens (primary N) is 1. The molecule has 1 unspecified atom stereocenters. The maximum Gasteiger partial charge on any atom is 0.248 e. The molecule has 1 heterocycles. The molecule has 0 spiro atoms. The monoisotopic (exact) mass is 306 g/mol. The Hall–Kier alpha value is -1.55. The van der Waals surface area contributed by atoms with Crippen LogP contribution in [0, 0.1) is 0 Å². The van der Waals surface area contributed by atoms with Gasteiger partial charge in [-0.3, -0.25) is 4.79 Å². The normalized spacial score (nSPS) is 17.4. The van der Waals surface area contributed by atoms with Crippen LogP contribution in [-0.2, 0) is 11.3 Å². The lowest BCUT2D eigenvalue weighted by atomic mass is 10.1. The topological polar surface area (TPSA) is 46.3 Å². The van der Waals surface area contributed by atoms with Crippen LogP contribution in [0.25, 0.3) is 0 Å². The third-order valence-corrected chi connectivity index (χ3v) is 4.18. The van der Waals surface area contributed by atoms with Gasteiger partial charge >= 0.3 is 0 Å². The molecule has 0 fully saturated rings. The second kappa shape index (κ2) is 5.09. The van der Waals surface area contributed by atoms with Crippen molar-refractivity contribution in [3.05, 3.63) is 63.6 Å². The number of hydrogen-bond acceptors (Lipinski definition) is 2. The molecule has 3 rings (SSSR count). The van der Waals surface area contributed by atoms with Gasteiger partial charge in [-0.05, 0) is 18.2 Å². The highest BCUT2D eigenvalue weighted by molar-refractivity contribution is 6.36. The maximum atomic E-state index is 12.3. The van der Waals surface area contributed by atoms with Crippen molar-refractivity contribution in [1.82, 2.24) is 0 Å². The minimum absolute atomic E-state index is 0.137. The first-order valence-corrected chi connectivity index (χ1v) is 6.94. The van der Waals surface area contributed by atoms with E-state index in [4.69, 9.17) is 28.9 Å². The van der Waals surface area contributed by atoms with Crippen LogP contribution in [0.4, 0.5) is 5.69 Å². The van der Waals surface area contributed by atoms with E-state index in [9.17, 15) is 4.79 Å². The van der Waals surface area contributed by atoms with Crippen molar-refractivity contribution in [2.24, 2.45) is 5.73 Å². The molecule has 0 bridgehead atoms. The Labute approximate surface area is 126 Å². The fraction of sp³-hybridized carbons (Fsp3) is 0.133. The summed E-state index contributed by atoms with van der Waals surface area (Å²) in [6.07, 6.45) is 0. The van der Waals surface area contributed by atoms with Gasteiger partial charge in [-0.1, -0.05) is 47.5 Å². The van der Waals surface area contributed by atoms with Gasteiger partial charge in [-0.25, -0.2) is 0 Å². The molecule has 0 saturated heterocycles. The molecule has 5 heteroatoms. The fourth-order valence-electron chi connectivity index (χ4n) is 2.42. The Balaban J connectivity index is 2.02. The third kappa shape index (κ3) is 2.08. The molecule has 0 saturated carbocycles. The molecule has 3 nitrogen and oxygen atoms in total. The molecule has 1 amide bonds. The zero-order valence-electron chi connectivity index (χ0n) is 10.5. The molecule has 102 valence electrons. The van der Waals surface area contributed by atoms with Crippen molar-refractivity contribution in [1.29, 1.82) is 0 Å². The second-order valence-corrected chi connectivity index (χ2v) is 5.48. The van der Waals surface area contributed by atoms with Gasteiger partial charge in [0, 0.05) is 26.9 Å². The first-order chi connectivity index (χ1) is 9.59. The average Bonchev–Trinajstić information content (AvgIpc) is 2.68. The predicted octanol–water partition coefficient (Wildman–Crippen LogP) is 3.54. The number of rotatable bonds is 2. The molecule has 1 atom stereocenters. The number of nitrogens with zero attached hydrogens (tertiary/aromatic N) is 1. The largest absolute Gasteiger partial charge is 0.316 e. The lowest BCUT2D eigenvalue weighted by Crippen LogP contribution is -2.31. The molecule has 2 aromatic carbocycles. The summed E-state index contributed by atoms with van der Waals surface area (Å²) in [5.41, 5.74) is 8.34. The van der Waals surface area contributed by atoms with E-state index >= 15 is 0 Å². The van der Waals surface area contributed by atoms with E-state index in [0.717, 1.165) is 16.8 Å². The van der Waals surface area contributed by atoms with Crippen molar-refractivity contribution in [3.8, 4) is 0 Å². The van der Waals surface area contributed by atoms with Crippen molar-refractivity contribution in [3.63, 3.8) is 0 Å². The number of para-hydroxylation sites is 1. The molecular weight excluding hydrogens is 295 g/mol. The lowest BCUT2D eigenvalue weighted by Gasteiger charge is -2.19. The highest BCUT2D eigenvalue weighted by Gasteiger charge is 2.34. The summed E-state index contributed by atoms with van der Waals surface area (Å²) in [5.74, 6) is -0.137. The molecule has 1 aliphatic rings. The zero-order chi connectivity index (χ0) is 14.3. The number of anilines is 1. The predicted molar refractivity (Wildman–Crippen MR) is 81.0 cm³/mol. The maximum absolute atomic E-state index is 12.3. The van der Waals surface area contributed by atoms with Crippen LogP contribution in [0.1, 0.15) is 17.2 Å². The summed E-state index contributed by atoms with van der Waals surface area (Å²) >= 11 is 12.3. The average molecular weight is 307 g/mol. The summed E-state index contributed by atoms with van der Waals surface area (Å²) in [6, 6.07) is 12.2. The fourth-order valence-corrected chi connectivity index (χ4v) is 2.94. The van der Waals surface area contributed by atoms with Crippen LogP contribution < -0.4 is 10.6 Å². The minimum atomic E-state index is -0.618. The second-order valence-electron chi connectivity index (χ2n) is 4.66. The van der Waals surface area contributed by atoms with Crippen LogP contribution in [0.5, 0.6) is 0 Å². The highest BCUT2D eigenvalue weighted by Crippen LogP contribution is 2.37. The van der Waals surface area contributed by atoms with Crippen LogP contribution in [-0.4, -0.2) is 5.91 Å². The summed E-state index contributed by atoms with van der Waals surface area (Å²) in [4.78, 5) is 13.9. The number of carbonyl (C=O) groups excluding carboxylic acids is 1. The molecule has 2 N–H and O–H groups in total. The number of amides is 1. The molecule has 20 heavy (non-hydrogen) atoms. The number of halogens is 2. The third-order valence-electron chi connectivity index (χ3n) is 3.47. The van der Waals surface area contributed by atoms with Gasteiger partial charge in [-0.2, -0.15) is 0 Å². The van der Waals surface area contributed by atoms with Crippen molar-refractivity contribution in [2.75, 3.05) is 4.90 Å². The van der Waals surface area contributed by atoms with Crippen molar-refractivity contribution >= 4 is 34.8 Å². The van der Waals surface area contributed by atoms with Gasteiger partial charge in [0.1, 0.15) is 6.04 Å². The zero-order valence-corrected chi connectivity index (χ0v) is 12.0. The number of carbonyl (C=O) groups is 1. The van der Waals surface area contributed by atoms with E-state index in [1.54, 1.807) is 23.1 Å². The molecule has 2 aromatic rings. The van der Waals surface area contributed by atoms with Gasteiger partial charge in [0.2, 0.25) is 5.91 Å². The SMILES string of the molecule is NC1C(=O)N(Cc2c(Cl)cccc2Cl)c2ccccc21. The van der Waals surface area contributed by atoms with Gasteiger partial charge < -0.3 is 10.6 Å². The van der Waals surface area contributed by atoms with Gasteiger partial charge in [0.05, 0.1) is 6.54 Å². The molecule has 0 aliphatic carbocycles. The van der Waals surface area contributed by atoms with Crippen LogP contribution >= 0.6 is 23.2 Å². The molecule has 0 aromatic heterocycles. The summed E-state index contributed by atoms with van der Waals surface area (Å²) in [6.45, 7) is 0.321. The first-order valence-electron chi connectivity index (χ1n) is 6.18. The first kappa shape index (κ1) is 13.4. The molecule has 0 radical (unpaired) electrons. The smallest absolute Gasteiger partial charge is 0.248 e. The summed E-state index contributed by atoms with van der Waals surface area (Å²) in [5, 5.41) is 1.09. The quantitative estimate of drug-likeness (QED) is 0.922. The van der Waals surface area contributed by atoms with E-state index in [-0.39, 0.29) is 5.91 Å². The van der Waals surface area contributed by atoms with E-state index in [2.05, 4.69) is 0 Å². The summed E-state index contributed by atoms with van der Waals surface area (Å²) < 4.78 is 0. The number of benzene rings is 2. The Morgan fingerprint density at radius 2 is 1.70 bits per heavy atom. The van der Waals surface area contributed by atoms with Gasteiger partial charge in [-0.15, -0.1) is 0 Å². The van der Waals surface area contributed by atoms with Crippen molar-refractivity contribution < 1.29 is 4.79 Å². The molecular formula is C15H12Cl2N2O. The standard InChI is InChI=1S/C15H12Cl2N2O/c16-11-5-3-6-12(17)10(11)8-19-13-7-2-1-4-9(13)14(18)15(19)20/h1-7,14H,8,18H2. The number of hydrogen-bond donors (Lipinski definition) is 1. The van der Waals surface area contributed by atoms with E-state index in [0.29, 0.717) is 16.6 Å². The molecule has 1 aliphatic heterocycles. The Bertz CT molecular complexity index is 667. The lowest BCUT2D eigenvalue weighted by molar-refractivity contribution is -0.119. The van der Waals surface area contributed by atoms with Gasteiger partial charge in [0.15, 0.2) is 0 Å². The Morgan fingerprint density at radius 3 is 2.40 bits per heavy atom. The van der Waals surface area contributed by atoms with Crippen LogP contribution in [0.3, 0.4) is 0 Å². The van der Waals surface area contributed by atoms with Crippen LogP contribution in [0.15, 0.2) is 42.5 Å². The highest BCUT2D eigenvalue weighted by atomic mass is 35.5. The minimum Gasteiger partial charge on any atom is -0.316 e.